The molecule has 168 valence electrons. The molecule has 0 radical (unpaired) electrons. The van der Waals surface area contributed by atoms with Crippen LogP contribution < -0.4 is 14.4 Å². The number of rotatable bonds is 6. The lowest BCUT2D eigenvalue weighted by Gasteiger charge is -2.26. The summed E-state index contributed by atoms with van der Waals surface area (Å²) < 4.78 is 10.7. The summed E-state index contributed by atoms with van der Waals surface area (Å²) in [7, 11) is 1.55. The van der Waals surface area contributed by atoms with Crippen LogP contribution in [0.15, 0.2) is 78.4 Å². The first kappa shape index (κ1) is 22.1. The number of carbonyl (C=O) groups excluding carboxylic acids is 2. The van der Waals surface area contributed by atoms with E-state index in [2.05, 4.69) is 0 Å². The van der Waals surface area contributed by atoms with Crippen LogP contribution >= 0.6 is 0 Å². The number of carbonyl (C=O) groups is 2. The second-order valence-corrected chi connectivity index (χ2v) is 7.68. The number of amides is 1. The molecular formula is C27H25NO5. The van der Waals surface area contributed by atoms with Crippen LogP contribution in [-0.4, -0.2) is 30.5 Å². The van der Waals surface area contributed by atoms with Crippen molar-refractivity contribution in [2.75, 3.05) is 18.6 Å². The van der Waals surface area contributed by atoms with Gasteiger partial charge in [0.1, 0.15) is 17.3 Å². The number of aliphatic hydroxyl groups is 1. The molecule has 4 rings (SSSR count). The van der Waals surface area contributed by atoms with Crippen molar-refractivity contribution in [3.8, 4) is 11.5 Å². The number of anilines is 1. The third kappa shape index (κ3) is 4.07. The molecule has 1 N–H and O–H groups in total. The maximum absolute atomic E-state index is 13.2. The largest absolute Gasteiger partial charge is 0.507 e. The molecule has 1 saturated heterocycles. The Labute approximate surface area is 192 Å². The van der Waals surface area contributed by atoms with Gasteiger partial charge in [-0.2, -0.15) is 0 Å². The number of ether oxygens (including phenoxy) is 2. The van der Waals surface area contributed by atoms with Crippen LogP contribution in [0.4, 0.5) is 5.69 Å². The van der Waals surface area contributed by atoms with Crippen molar-refractivity contribution in [2.45, 2.75) is 19.9 Å². The summed E-state index contributed by atoms with van der Waals surface area (Å²) in [6.45, 7) is 4.33. The Kier molecular flexibility index (Phi) is 6.18. The van der Waals surface area contributed by atoms with Gasteiger partial charge in [0.15, 0.2) is 0 Å². The Morgan fingerprint density at radius 1 is 0.939 bits per heavy atom. The van der Waals surface area contributed by atoms with E-state index in [0.717, 1.165) is 11.1 Å². The molecule has 3 aromatic rings. The Hall–Kier alpha value is -4.06. The quantitative estimate of drug-likeness (QED) is 0.329. The minimum absolute atomic E-state index is 0.0494. The summed E-state index contributed by atoms with van der Waals surface area (Å²) in [6.07, 6.45) is 0. The number of ketones is 1. The average molecular weight is 443 g/mol. The number of Topliss-reactive ketones (excluding diaryl/α,β-unsaturated/α-hetero) is 1. The van der Waals surface area contributed by atoms with Crippen molar-refractivity contribution in [3.05, 3.63) is 95.1 Å². The number of nitrogens with zero attached hydrogens (tertiary/aromatic N) is 1. The Balaban J connectivity index is 1.89. The van der Waals surface area contributed by atoms with Gasteiger partial charge in [0, 0.05) is 11.3 Å². The highest BCUT2D eigenvalue weighted by Crippen LogP contribution is 2.43. The smallest absolute Gasteiger partial charge is 0.300 e. The molecule has 1 fully saturated rings. The predicted molar refractivity (Wildman–Crippen MR) is 127 cm³/mol. The lowest BCUT2D eigenvalue weighted by atomic mass is 9.92. The van der Waals surface area contributed by atoms with Gasteiger partial charge in [0.2, 0.25) is 0 Å². The fraction of sp³-hybridized carbons (Fsp3) is 0.185. The van der Waals surface area contributed by atoms with Crippen LogP contribution in [0, 0.1) is 6.92 Å². The van der Waals surface area contributed by atoms with Crippen LogP contribution in [0.3, 0.4) is 0 Å². The molecule has 1 unspecified atom stereocenters. The Bertz CT molecular complexity index is 1210. The van der Waals surface area contributed by atoms with E-state index in [0.29, 0.717) is 29.4 Å². The molecule has 33 heavy (non-hydrogen) atoms. The van der Waals surface area contributed by atoms with Crippen molar-refractivity contribution < 1.29 is 24.2 Å². The minimum atomic E-state index is -0.772. The molecule has 1 heterocycles. The van der Waals surface area contributed by atoms with Gasteiger partial charge in [-0.3, -0.25) is 14.5 Å². The topological polar surface area (TPSA) is 76.1 Å². The van der Waals surface area contributed by atoms with Gasteiger partial charge in [-0.05, 0) is 73.5 Å². The zero-order valence-electron chi connectivity index (χ0n) is 18.7. The molecule has 0 aliphatic carbocycles. The van der Waals surface area contributed by atoms with Gasteiger partial charge >= 0.3 is 0 Å². The Morgan fingerprint density at radius 2 is 1.58 bits per heavy atom. The van der Waals surface area contributed by atoms with Gasteiger partial charge in [0.25, 0.3) is 11.7 Å². The summed E-state index contributed by atoms with van der Waals surface area (Å²) >= 11 is 0. The fourth-order valence-electron chi connectivity index (χ4n) is 4.06. The van der Waals surface area contributed by atoms with Crippen LogP contribution in [0.5, 0.6) is 11.5 Å². The molecule has 3 aromatic carbocycles. The zero-order valence-corrected chi connectivity index (χ0v) is 18.7. The van der Waals surface area contributed by atoms with Crippen molar-refractivity contribution in [2.24, 2.45) is 0 Å². The number of hydrogen-bond acceptors (Lipinski definition) is 5. The van der Waals surface area contributed by atoms with Gasteiger partial charge in [-0.15, -0.1) is 0 Å². The lowest BCUT2D eigenvalue weighted by Crippen LogP contribution is -2.29. The van der Waals surface area contributed by atoms with E-state index in [4.69, 9.17) is 9.47 Å². The third-order valence-corrected chi connectivity index (χ3v) is 5.72. The Morgan fingerprint density at radius 3 is 2.18 bits per heavy atom. The summed E-state index contributed by atoms with van der Waals surface area (Å²) in [5.41, 5.74) is 2.69. The standard InChI is InChI=1S/C27H25NO5/c1-4-33-21-15-11-19(12-16-21)28-24(22-8-6-5-7-17(22)2)23(26(30)27(28)31)25(29)18-9-13-20(32-3)14-10-18/h5-16,24,29H,4H2,1-3H3/b25-23-. The van der Waals surface area contributed by atoms with E-state index in [-0.39, 0.29) is 11.3 Å². The molecule has 0 aromatic heterocycles. The molecule has 0 bridgehead atoms. The van der Waals surface area contributed by atoms with Crippen LogP contribution in [0.25, 0.3) is 5.76 Å². The zero-order chi connectivity index (χ0) is 23.5. The number of aliphatic hydroxyl groups excluding tert-OH is 1. The van der Waals surface area contributed by atoms with Gasteiger partial charge < -0.3 is 14.6 Å². The molecule has 6 nitrogen and oxygen atoms in total. The first-order valence-electron chi connectivity index (χ1n) is 10.7. The summed E-state index contributed by atoms with van der Waals surface area (Å²) in [6, 6.07) is 20.5. The van der Waals surface area contributed by atoms with E-state index in [9.17, 15) is 14.7 Å². The van der Waals surface area contributed by atoms with Crippen LogP contribution in [0.1, 0.15) is 29.7 Å². The molecule has 1 atom stereocenters. The average Bonchev–Trinajstić information content (AvgIpc) is 3.10. The predicted octanol–water partition coefficient (Wildman–Crippen LogP) is 5.03. The summed E-state index contributed by atoms with van der Waals surface area (Å²) in [5, 5.41) is 11.2. The summed E-state index contributed by atoms with van der Waals surface area (Å²) in [5.74, 6) is -0.356. The SMILES string of the molecule is CCOc1ccc(N2C(=O)C(=O)/C(=C(\O)c3ccc(OC)cc3)C2c2ccccc2C)cc1. The maximum atomic E-state index is 13.2. The number of benzene rings is 3. The van der Waals surface area contributed by atoms with Gasteiger partial charge in [0.05, 0.1) is 25.3 Å². The monoisotopic (exact) mass is 443 g/mol. The fourth-order valence-corrected chi connectivity index (χ4v) is 4.06. The van der Waals surface area contributed by atoms with E-state index in [1.807, 2.05) is 38.1 Å². The normalized spacial score (nSPS) is 17.3. The lowest BCUT2D eigenvalue weighted by molar-refractivity contribution is -0.132. The van der Waals surface area contributed by atoms with Crippen molar-refractivity contribution in [1.29, 1.82) is 0 Å². The number of aryl methyl sites for hydroxylation is 1. The van der Waals surface area contributed by atoms with Gasteiger partial charge in [-0.1, -0.05) is 24.3 Å². The maximum Gasteiger partial charge on any atom is 0.300 e. The number of hydrogen-bond donors (Lipinski definition) is 1. The number of methoxy groups -OCH3 is 1. The van der Waals surface area contributed by atoms with Crippen LogP contribution in [-0.2, 0) is 9.59 Å². The van der Waals surface area contributed by atoms with Crippen molar-refractivity contribution in [1.82, 2.24) is 0 Å². The van der Waals surface area contributed by atoms with Gasteiger partial charge in [-0.25, -0.2) is 0 Å². The molecule has 1 aliphatic heterocycles. The van der Waals surface area contributed by atoms with E-state index >= 15 is 0 Å². The second kappa shape index (κ2) is 9.20. The second-order valence-electron chi connectivity index (χ2n) is 7.68. The van der Waals surface area contributed by atoms with Crippen molar-refractivity contribution >= 4 is 23.1 Å². The van der Waals surface area contributed by atoms with E-state index in [1.54, 1.807) is 55.6 Å². The molecule has 0 spiro atoms. The molecular weight excluding hydrogens is 418 g/mol. The molecule has 0 saturated carbocycles. The minimum Gasteiger partial charge on any atom is -0.507 e. The molecule has 1 amide bonds. The molecule has 1 aliphatic rings. The van der Waals surface area contributed by atoms with E-state index in [1.165, 1.54) is 4.90 Å². The highest BCUT2D eigenvalue weighted by molar-refractivity contribution is 6.51. The van der Waals surface area contributed by atoms with E-state index < -0.39 is 17.7 Å². The first-order chi connectivity index (χ1) is 16.0. The third-order valence-electron chi connectivity index (χ3n) is 5.72. The molecule has 6 heteroatoms. The highest BCUT2D eigenvalue weighted by atomic mass is 16.5. The van der Waals surface area contributed by atoms with Crippen molar-refractivity contribution in [3.63, 3.8) is 0 Å². The highest BCUT2D eigenvalue weighted by Gasteiger charge is 2.47. The first-order valence-corrected chi connectivity index (χ1v) is 10.7. The van der Waals surface area contributed by atoms with Crippen LogP contribution in [0.2, 0.25) is 0 Å². The summed E-state index contributed by atoms with van der Waals surface area (Å²) in [4.78, 5) is 27.9.